The van der Waals surface area contributed by atoms with Crippen molar-refractivity contribution in [3.63, 3.8) is 0 Å². The van der Waals surface area contributed by atoms with Crippen molar-refractivity contribution >= 4 is 15.9 Å². The first-order valence-corrected chi connectivity index (χ1v) is 7.97. The van der Waals surface area contributed by atoms with Gasteiger partial charge in [-0.25, -0.2) is 0 Å². The molecule has 0 spiro atoms. The minimum absolute atomic E-state index is 0.560. The summed E-state index contributed by atoms with van der Waals surface area (Å²) in [6.07, 6.45) is 0. The second-order valence-electron chi connectivity index (χ2n) is 5.05. The molecule has 2 aromatic rings. The predicted molar refractivity (Wildman–Crippen MR) is 88.7 cm³/mol. The van der Waals surface area contributed by atoms with Gasteiger partial charge in [-0.2, -0.15) is 0 Å². The zero-order chi connectivity index (χ0) is 15.4. The molecule has 3 rings (SSSR count). The van der Waals surface area contributed by atoms with E-state index < -0.39 is 0 Å². The number of rotatable bonds is 5. The lowest BCUT2D eigenvalue weighted by atomic mass is 10.1. The van der Waals surface area contributed by atoms with Crippen LogP contribution < -0.4 is 19.5 Å². The van der Waals surface area contributed by atoms with Crippen molar-refractivity contribution in [3.05, 3.63) is 52.0 Å². The highest BCUT2D eigenvalue weighted by atomic mass is 79.9. The molecule has 4 nitrogen and oxygen atoms in total. The van der Waals surface area contributed by atoms with Crippen molar-refractivity contribution < 1.29 is 14.2 Å². The van der Waals surface area contributed by atoms with E-state index in [2.05, 4.69) is 33.4 Å². The number of hydrogen-bond acceptors (Lipinski definition) is 4. The van der Waals surface area contributed by atoms with Crippen LogP contribution in [0.1, 0.15) is 11.1 Å². The fourth-order valence-corrected chi connectivity index (χ4v) is 2.65. The Bertz CT molecular complexity index is 626. The van der Waals surface area contributed by atoms with Gasteiger partial charge in [-0.3, -0.25) is 0 Å². The molecule has 1 aliphatic rings. The second kappa shape index (κ2) is 7.03. The van der Waals surface area contributed by atoms with Crippen LogP contribution in [0.5, 0.6) is 17.2 Å². The number of nitrogens with one attached hydrogen (secondary N) is 1. The van der Waals surface area contributed by atoms with Crippen LogP contribution in [0, 0.1) is 0 Å². The Morgan fingerprint density at radius 1 is 1.05 bits per heavy atom. The summed E-state index contributed by atoms with van der Waals surface area (Å²) in [5.41, 5.74) is 2.35. The standard InChI is InChI=1S/C17H18BrNO3/c1-20-15-8-13(9-16-17(15)22-7-6-21-16)11-19-10-12-2-4-14(18)5-3-12/h2-5,8-9,19H,6-7,10-11H2,1H3. The van der Waals surface area contributed by atoms with Crippen LogP contribution in [0.25, 0.3) is 0 Å². The van der Waals surface area contributed by atoms with Crippen molar-refractivity contribution in [1.29, 1.82) is 0 Å². The van der Waals surface area contributed by atoms with E-state index in [1.165, 1.54) is 5.56 Å². The highest BCUT2D eigenvalue weighted by Gasteiger charge is 2.18. The summed E-state index contributed by atoms with van der Waals surface area (Å²) < 4.78 is 17.7. The molecule has 1 N–H and O–H groups in total. The fourth-order valence-electron chi connectivity index (χ4n) is 2.38. The molecular weight excluding hydrogens is 346 g/mol. The maximum absolute atomic E-state index is 5.65. The largest absolute Gasteiger partial charge is 0.493 e. The quantitative estimate of drug-likeness (QED) is 0.881. The lowest BCUT2D eigenvalue weighted by molar-refractivity contribution is 0.165. The van der Waals surface area contributed by atoms with Crippen molar-refractivity contribution in [1.82, 2.24) is 5.32 Å². The second-order valence-corrected chi connectivity index (χ2v) is 5.97. The Hall–Kier alpha value is -1.72. The van der Waals surface area contributed by atoms with E-state index in [4.69, 9.17) is 14.2 Å². The fraction of sp³-hybridized carbons (Fsp3) is 0.294. The van der Waals surface area contributed by atoms with Crippen molar-refractivity contribution in [2.45, 2.75) is 13.1 Å². The van der Waals surface area contributed by atoms with Gasteiger partial charge >= 0.3 is 0 Å². The molecule has 0 unspecified atom stereocenters. The molecule has 0 aromatic heterocycles. The lowest BCUT2D eigenvalue weighted by Crippen LogP contribution is -2.17. The van der Waals surface area contributed by atoms with Crippen LogP contribution in [0.2, 0.25) is 0 Å². The van der Waals surface area contributed by atoms with Gasteiger partial charge in [0.1, 0.15) is 13.2 Å². The molecule has 5 heteroatoms. The van der Waals surface area contributed by atoms with E-state index in [1.807, 2.05) is 24.3 Å². The molecule has 0 amide bonds. The van der Waals surface area contributed by atoms with Gasteiger partial charge in [-0.15, -0.1) is 0 Å². The van der Waals surface area contributed by atoms with E-state index in [0.29, 0.717) is 19.0 Å². The zero-order valence-corrected chi connectivity index (χ0v) is 14.0. The van der Waals surface area contributed by atoms with Gasteiger partial charge in [0.2, 0.25) is 5.75 Å². The van der Waals surface area contributed by atoms with E-state index in [1.54, 1.807) is 7.11 Å². The van der Waals surface area contributed by atoms with E-state index in [-0.39, 0.29) is 0 Å². The number of fused-ring (bicyclic) bond motifs is 1. The third-order valence-electron chi connectivity index (χ3n) is 3.46. The summed E-state index contributed by atoms with van der Waals surface area (Å²) in [5.74, 6) is 2.18. The first-order valence-electron chi connectivity index (χ1n) is 7.18. The summed E-state index contributed by atoms with van der Waals surface area (Å²) in [6.45, 7) is 2.68. The summed E-state index contributed by atoms with van der Waals surface area (Å²) in [6, 6.07) is 12.3. The zero-order valence-electron chi connectivity index (χ0n) is 12.4. The SMILES string of the molecule is COc1cc(CNCc2ccc(Br)cc2)cc2c1OCCO2. The highest BCUT2D eigenvalue weighted by molar-refractivity contribution is 9.10. The maximum atomic E-state index is 5.65. The van der Waals surface area contributed by atoms with E-state index in [9.17, 15) is 0 Å². The molecule has 0 bridgehead atoms. The van der Waals surface area contributed by atoms with Crippen LogP contribution in [-0.2, 0) is 13.1 Å². The third-order valence-corrected chi connectivity index (χ3v) is 3.99. The number of halogens is 1. The number of hydrogen-bond donors (Lipinski definition) is 1. The molecule has 1 aliphatic heterocycles. The predicted octanol–water partition coefficient (Wildman–Crippen LogP) is 3.52. The average molecular weight is 364 g/mol. The Morgan fingerprint density at radius 2 is 1.77 bits per heavy atom. The highest BCUT2D eigenvalue weighted by Crippen LogP contribution is 2.40. The van der Waals surface area contributed by atoms with Crippen LogP contribution in [-0.4, -0.2) is 20.3 Å². The van der Waals surface area contributed by atoms with Gasteiger partial charge < -0.3 is 19.5 Å². The van der Waals surface area contributed by atoms with Crippen molar-refractivity contribution in [3.8, 4) is 17.2 Å². The first kappa shape index (κ1) is 15.2. The van der Waals surface area contributed by atoms with Crippen LogP contribution in [0.4, 0.5) is 0 Å². The Labute approximate surface area is 138 Å². The van der Waals surface area contributed by atoms with Gasteiger partial charge in [-0.05, 0) is 35.4 Å². The Kier molecular flexibility index (Phi) is 4.85. The van der Waals surface area contributed by atoms with Gasteiger partial charge in [0.15, 0.2) is 11.5 Å². The first-order chi connectivity index (χ1) is 10.8. The summed E-state index contributed by atoms with van der Waals surface area (Å²) in [7, 11) is 1.65. The van der Waals surface area contributed by atoms with Crippen molar-refractivity contribution in [2.24, 2.45) is 0 Å². The molecule has 0 saturated heterocycles. The molecule has 22 heavy (non-hydrogen) atoms. The molecule has 0 fully saturated rings. The minimum atomic E-state index is 0.560. The number of benzene rings is 2. The van der Waals surface area contributed by atoms with E-state index in [0.717, 1.165) is 34.6 Å². The average Bonchev–Trinajstić information content (AvgIpc) is 2.56. The Morgan fingerprint density at radius 3 is 2.55 bits per heavy atom. The number of methoxy groups -OCH3 is 1. The van der Waals surface area contributed by atoms with Crippen LogP contribution in [0.15, 0.2) is 40.9 Å². The monoisotopic (exact) mass is 363 g/mol. The summed E-state index contributed by atoms with van der Waals surface area (Å²) >= 11 is 3.44. The van der Waals surface area contributed by atoms with Gasteiger partial charge in [0.25, 0.3) is 0 Å². The smallest absolute Gasteiger partial charge is 0.203 e. The molecule has 0 saturated carbocycles. The van der Waals surface area contributed by atoms with E-state index >= 15 is 0 Å². The topological polar surface area (TPSA) is 39.7 Å². The molecular formula is C17H18BrNO3. The van der Waals surface area contributed by atoms with Crippen LogP contribution >= 0.6 is 15.9 Å². The van der Waals surface area contributed by atoms with Gasteiger partial charge in [0.05, 0.1) is 7.11 Å². The summed E-state index contributed by atoms with van der Waals surface area (Å²) in [4.78, 5) is 0. The molecule has 0 atom stereocenters. The van der Waals surface area contributed by atoms with Crippen molar-refractivity contribution in [2.75, 3.05) is 20.3 Å². The lowest BCUT2D eigenvalue weighted by Gasteiger charge is -2.21. The maximum Gasteiger partial charge on any atom is 0.203 e. The molecule has 2 aromatic carbocycles. The molecule has 1 heterocycles. The number of ether oxygens (including phenoxy) is 3. The Balaban J connectivity index is 1.66. The van der Waals surface area contributed by atoms with Crippen LogP contribution in [0.3, 0.4) is 0 Å². The van der Waals surface area contributed by atoms with Gasteiger partial charge in [-0.1, -0.05) is 28.1 Å². The third kappa shape index (κ3) is 3.54. The normalized spacial score (nSPS) is 13.0. The minimum Gasteiger partial charge on any atom is -0.493 e. The molecule has 0 aliphatic carbocycles. The van der Waals surface area contributed by atoms with Gasteiger partial charge in [0, 0.05) is 17.6 Å². The summed E-state index contributed by atoms with van der Waals surface area (Å²) in [5, 5.41) is 3.43. The molecule has 116 valence electrons. The molecule has 0 radical (unpaired) electrons.